The van der Waals surface area contributed by atoms with Crippen LogP contribution in [0.2, 0.25) is 0 Å². The van der Waals surface area contributed by atoms with Crippen LogP contribution < -0.4 is 5.32 Å². The van der Waals surface area contributed by atoms with Crippen molar-refractivity contribution in [2.75, 3.05) is 33.2 Å². The first-order valence-electron chi connectivity index (χ1n) is 7.02. The quantitative estimate of drug-likeness (QED) is 0.713. The van der Waals surface area contributed by atoms with Gasteiger partial charge in [-0.25, -0.2) is 0 Å². The van der Waals surface area contributed by atoms with E-state index in [1.165, 1.54) is 58.3 Å². The van der Waals surface area contributed by atoms with Gasteiger partial charge in [-0.2, -0.15) is 0 Å². The van der Waals surface area contributed by atoms with E-state index in [1.54, 1.807) is 0 Å². The Kier molecular flexibility index (Phi) is 3.18. The molecule has 16 heavy (non-hydrogen) atoms. The molecule has 0 aromatic heterocycles. The molecule has 3 fully saturated rings. The van der Waals surface area contributed by atoms with Crippen molar-refractivity contribution >= 4 is 0 Å². The second-order valence-electron chi connectivity index (χ2n) is 5.83. The Labute approximate surface area is 99.2 Å². The number of nitrogens with one attached hydrogen (secondary N) is 1. The molecule has 1 N–H and O–H groups in total. The molecule has 1 saturated carbocycles. The number of fused-ring (bicyclic) bond motifs is 1. The summed E-state index contributed by atoms with van der Waals surface area (Å²) in [4.78, 5) is 5.33. The molecule has 2 heterocycles. The second kappa shape index (κ2) is 4.63. The minimum absolute atomic E-state index is 0.813. The number of nitrogens with zero attached hydrogens (tertiary/aromatic N) is 2. The third kappa shape index (κ3) is 2.01. The lowest BCUT2D eigenvalue weighted by molar-refractivity contribution is 0.0518. The molecular formula is C13H25N3. The molecule has 3 rings (SSSR count). The largest absolute Gasteiger partial charge is 0.311 e. The van der Waals surface area contributed by atoms with E-state index in [4.69, 9.17) is 0 Å². The molecule has 0 amide bonds. The third-order valence-corrected chi connectivity index (χ3v) is 4.84. The first kappa shape index (κ1) is 11.0. The average Bonchev–Trinajstić information content (AvgIpc) is 2.78. The van der Waals surface area contributed by atoms with Crippen LogP contribution in [0.5, 0.6) is 0 Å². The van der Waals surface area contributed by atoms with E-state index in [2.05, 4.69) is 22.2 Å². The van der Waals surface area contributed by atoms with Crippen molar-refractivity contribution in [3.8, 4) is 0 Å². The van der Waals surface area contributed by atoms with E-state index < -0.39 is 0 Å². The molecule has 0 spiro atoms. The lowest BCUT2D eigenvalue weighted by atomic mass is 9.98. The maximum absolute atomic E-state index is 3.71. The van der Waals surface area contributed by atoms with Crippen LogP contribution in [0.1, 0.15) is 32.1 Å². The average molecular weight is 223 g/mol. The number of piperazine rings is 1. The van der Waals surface area contributed by atoms with Crippen LogP contribution in [-0.2, 0) is 0 Å². The van der Waals surface area contributed by atoms with Gasteiger partial charge in [0.25, 0.3) is 0 Å². The van der Waals surface area contributed by atoms with Crippen LogP contribution in [-0.4, -0.2) is 61.2 Å². The summed E-state index contributed by atoms with van der Waals surface area (Å²) in [5.41, 5.74) is 0. The SMILES string of the molecule is CN1CCC(N2CCN[C@H]3CCC[C@H]32)CC1. The molecule has 2 aliphatic heterocycles. The molecular weight excluding hydrogens is 198 g/mol. The fourth-order valence-corrected chi connectivity index (χ4v) is 3.90. The molecule has 3 heteroatoms. The van der Waals surface area contributed by atoms with Gasteiger partial charge >= 0.3 is 0 Å². The van der Waals surface area contributed by atoms with Crippen LogP contribution >= 0.6 is 0 Å². The molecule has 1 aliphatic carbocycles. The van der Waals surface area contributed by atoms with Gasteiger partial charge in [0.2, 0.25) is 0 Å². The van der Waals surface area contributed by atoms with Crippen LogP contribution in [0.3, 0.4) is 0 Å². The predicted octanol–water partition coefficient (Wildman–Crippen LogP) is 0.907. The maximum atomic E-state index is 3.71. The van der Waals surface area contributed by atoms with E-state index in [9.17, 15) is 0 Å². The van der Waals surface area contributed by atoms with Crippen LogP contribution in [0.25, 0.3) is 0 Å². The minimum Gasteiger partial charge on any atom is -0.311 e. The molecule has 3 aliphatic rings. The summed E-state index contributed by atoms with van der Waals surface area (Å²) in [5, 5.41) is 3.71. The fraction of sp³-hybridized carbons (Fsp3) is 1.00. The highest BCUT2D eigenvalue weighted by molar-refractivity contribution is 4.97. The Morgan fingerprint density at radius 1 is 1.00 bits per heavy atom. The molecule has 0 aromatic carbocycles. The van der Waals surface area contributed by atoms with E-state index in [0.29, 0.717) is 0 Å². The summed E-state index contributed by atoms with van der Waals surface area (Å²) in [5.74, 6) is 0. The Hall–Kier alpha value is -0.120. The maximum Gasteiger partial charge on any atom is 0.0252 e. The first-order valence-corrected chi connectivity index (χ1v) is 7.02. The van der Waals surface area contributed by atoms with Crippen molar-refractivity contribution in [2.24, 2.45) is 0 Å². The number of hydrogen-bond donors (Lipinski definition) is 1. The fourth-order valence-electron chi connectivity index (χ4n) is 3.90. The zero-order valence-corrected chi connectivity index (χ0v) is 10.5. The molecule has 92 valence electrons. The zero-order chi connectivity index (χ0) is 11.0. The molecule has 0 bridgehead atoms. The van der Waals surface area contributed by atoms with Crippen LogP contribution in [0, 0.1) is 0 Å². The topological polar surface area (TPSA) is 18.5 Å². The summed E-state index contributed by atoms with van der Waals surface area (Å²) in [6, 6.07) is 2.56. The summed E-state index contributed by atoms with van der Waals surface area (Å²) in [6.07, 6.45) is 7.06. The molecule has 0 unspecified atom stereocenters. The van der Waals surface area contributed by atoms with E-state index in [0.717, 1.165) is 18.1 Å². The highest BCUT2D eigenvalue weighted by Crippen LogP contribution is 2.30. The second-order valence-corrected chi connectivity index (χ2v) is 5.83. The van der Waals surface area contributed by atoms with Gasteiger partial charge in [0.15, 0.2) is 0 Å². The number of hydrogen-bond acceptors (Lipinski definition) is 3. The van der Waals surface area contributed by atoms with Gasteiger partial charge in [0, 0.05) is 31.2 Å². The van der Waals surface area contributed by atoms with Gasteiger partial charge in [0.05, 0.1) is 0 Å². The highest BCUT2D eigenvalue weighted by Gasteiger charge is 2.38. The normalized spacial score (nSPS) is 38.8. The Morgan fingerprint density at radius 2 is 1.81 bits per heavy atom. The predicted molar refractivity (Wildman–Crippen MR) is 66.7 cm³/mol. The van der Waals surface area contributed by atoms with Crippen LogP contribution in [0.4, 0.5) is 0 Å². The van der Waals surface area contributed by atoms with Gasteiger partial charge in [-0.05, 0) is 45.8 Å². The molecule has 2 atom stereocenters. The first-order chi connectivity index (χ1) is 7.84. The number of likely N-dealkylation sites (tertiary alicyclic amines) is 1. The van der Waals surface area contributed by atoms with Crippen molar-refractivity contribution in [3.05, 3.63) is 0 Å². The Balaban J connectivity index is 1.64. The van der Waals surface area contributed by atoms with E-state index >= 15 is 0 Å². The monoisotopic (exact) mass is 223 g/mol. The van der Waals surface area contributed by atoms with Gasteiger partial charge in [0.1, 0.15) is 0 Å². The molecule has 2 saturated heterocycles. The van der Waals surface area contributed by atoms with Crippen molar-refractivity contribution in [1.82, 2.24) is 15.1 Å². The minimum atomic E-state index is 0.813. The summed E-state index contributed by atoms with van der Waals surface area (Å²) >= 11 is 0. The van der Waals surface area contributed by atoms with Crippen molar-refractivity contribution in [1.29, 1.82) is 0 Å². The van der Waals surface area contributed by atoms with E-state index in [-0.39, 0.29) is 0 Å². The van der Waals surface area contributed by atoms with Crippen molar-refractivity contribution in [2.45, 2.75) is 50.2 Å². The van der Waals surface area contributed by atoms with Gasteiger partial charge in [-0.15, -0.1) is 0 Å². The molecule has 0 aromatic rings. The number of rotatable bonds is 1. The lowest BCUT2D eigenvalue weighted by Crippen LogP contribution is -2.59. The Bertz CT molecular complexity index is 235. The third-order valence-electron chi connectivity index (χ3n) is 4.84. The van der Waals surface area contributed by atoms with Crippen LogP contribution in [0.15, 0.2) is 0 Å². The molecule has 3 nitrogen and oxygen atoms in total. The standard InChI is InChI=1S/C13H25N3/c1-15-8-5-11(6-9-15)16-10-7-14-12-3-2-4-13(12)16/h11-14H,2-10H2,1H3/t12-,13+/m0/s1. The van der Waals surface area contributed by atoms with Gasteiger partial charge in [-0.1, -0.05) is 6.42 Å². The summed E-state index contributed by atoms with van der Waals surface area (Å²) in [7, 11) is 2.26. The summed E-state index contributed by atoms with van der Waals surface area (Å²) < 4.78 is 0. The van der Waals surface area contributed by atoms with E-state index in [1.807, 2.05) is 0 Å². The number of piperidine rings is 1. The highest BCUT2D eigenvalue weighted by atomic mass is 15.3. The molecule has 0 radical (unpaired) electrons. The van der Waals surface area contributed by atoms with Gasteiger partial charge < -0.3 is 10.2 Å². The van der Waals surface area contributed by atoms with Crippen molar-refractivity contribution < 1.29 is 0 Å². The van der Waals surface area contributed by atoms with Gasteiger partial charge in [-0.3, -0.25) is 4.90 Å². The smallest absolute Gasteiger partial charge is 0.0252 e. The Morgan fingerprint density at radius 3 is 2.62 bits per heavy atom. The van der Waals surface area contributed by atoms with Crippen molar-refractivity contribution in [3.63, 3.8) is 0 Å². The summed E-state index contributed by atoms with van der Waals surface area (Å²) in [6.45, 7) is 5.10. The lowest BCUT2D eigenvalue weighted by Gasteiger charge is -2.45. The zero-order valence-electron chi connectivity index (χ0n) is 10.5.